The van der Waals surface area contributed by atoms with Crippen molar-refractivity contribution < 1.29 is 9.21 Å². The van der Waals surface area contributed by atoms with Gasteiger partial charge in [0, 0.05) is 22.7 Å². The van der Waals surface area contributed by atoms with E-state index in [0.29, 0.717) is 23.7 Å². The molecule has 1 heterocycles. The van der Waals surface area contributed by atoms with Gasteiger partial charge in [-0.1, -0.05) is 11.6 Å². The van der Waals surface area contributed by atoms with Crippen molar-refractivity contribution in [1.29, 1.82) is 0 Å². The average Bonchev–Trinajstić information content (AvgIpc) is 2.82. The molecule has 0 unspecified atom stereocenters. The lowest BCUT2D eigenvalue weighted by atomic mass is 10.1. The number of furan rings is 1. The first-order chi connectivity index (χ1) is 8.65. The van der Waals surface area contributed by atoms with Crippen LogP contribution in [0, 0.1) is 0 Å². The molecule has 0 N–H and O–H groups in total. The molecule has 0 saturated heterocycles. The van der Waals surface area contributed by atoms with E-state index in [0.717, 1.165) is 5.56 Å². The number of rotatable bonds is 5. The van der Waals surface area contributed by atoms with Crippen molar-refractivity contribution in [1.82, 2.24) is 4.90 Å². The molecule has 0 fully saturated rings. The van der Waals surface area contributed by atoms with E-state index < -0.39 is 0 Å². The first-order valence-corrected chi connectivity index (χ1v) is 6.01. The molecule has 18 heavy (non-hydrogen) atoms. The zero-order chi connectivity index (χ0) is 13.0. The largest absolute Gasteiger partial charge is 0.472 e. The summed E-state index contributed by atoms with van der Waals surface area (Å²) >= 11 is 5.78. The smallest absolute Gasteiger partial charge is 0.176 e. The molecule has 0 atom stereocenters. The lowest BCUT2D eigenvalue weighted by Crippen LogP contribution is -2.25. The Morgan fingerprint density at radius 3 is 2.61 bits per heavy atom. The van der Waals surface area contributed by atoms with Crippen LogP contribution in [0.25, 0.3) is 0 Å². The molecule has 0 aliphatic heterocycles. The van der Waals surface area contributed by atoms with Gasteiger partial charge in [0.15, 0.2) is 5.78 Å². The van der Waals surface area contributed by atoms with Gasteiger partial charge in [-0.15, -0.1) is 0 Å². The second-order valence-corrected chi connectivity index (χ2v) is 4.67. The summed E-state index contributed by atoms with van der Waals surface area (Å²) in [4.78, 5) is 13.9. The highest BCUT2D eigenvalue weighted by atomic mass is 35.5. The van der Waals surface area contributed by atoms with Crippen LogP contribution in [0.15, 0.2) is 47.3 Å². The molecule has 2 aromatic rings. The molecular formula is C14H14ClNO2. The zero-order valence-electron chi connectivity index (χ0n) is 10.1. The summed E-state index contributed by atoms with van der Waals surface area (Å²) in [6, 6.07) is 8.84. The van der Waals surface area contributed by atoms with Crippen molar-refractivity contribution in [3.63, 3.8) is 0 Å². The van der Waals surface area contributed by atoms with Crippen LogP contribution in [0.3, 0.4) is 0 Å². The van der Waals surface area contributed by atoms with Gasteiger partial charge in [0.05, 0.1) is 19.1 Å². The number of likely N-dealkylation sites (N-methyl/N-ethyl adjacent to an activating group) is 1. The van der Waals surface area contributed by atoms with Crippen LogP contribution in [-0.2, 0) is 6.54 Å². The SMILES string of the molecule is CN(CC(=O)c1ccc(Cl)cc1)Cc1ccoc1. The molecule has 2 rings (SSSR count). The highest BCUT2D eigenvalue weighted by Crippen LogP contribution is 2.11. The van der Waals surface area contributed by atoms with E-state index in [2.05, 4.69) is 0 Å². The monoisotopic (exact) mass is 263 g/mol. The van der Waals surface area contributed by atoms with E-state index in [1.165, 1.54) is 0 Å². The second kappa shape index (κ2) is 5.85. The lowest BCUT2D eigenvalue weighted by molar-refractivity contribution is 0.0943. The van der Waals surface area contributed by atoms with Crippen LogP contribution in [-0.4, -0.2) is 24.3 Å². The Labute approximate surface area is 111 Å². The molecule has 3 nitrogen and oxygen atoms in total. The van der Waals surface area contributed by atoms with E-state index in [-0.39, 0.29) is 5.78 Å². The molecule has 0 saturated carbocycles. The second-order valence-electron chi connectivity index (χ2n) is 4.23. The maximum Gasteiger partial charge on any atom is 0.176 e. The normalized spacial score (nSPS) is 10.8. The molecule has 0 amide bonds. The number of Topliss-reactive ketones (excluding diaryl/α,β-unsaturated/α-hetero) is 1. The number of carbonyl (C=O) groups is 1. The number of halogens is 1. The Morgan fingerprint density at radius 1 is 1.28 bits per heavy atom. The van der Waals surface area contributed by atoms with E-state index in [9.17, 15) is 4.79 Å². The molecule has 4 heteroatoms. The van der Waals surface area contributed by atoms with Gasteiger partial charge >= 0.3 is 0 Å². The third kappa shape index (κ3) is 3.45. The van der Waals surface area contributed by atoms with Crippen LogP contribution in [0.4, 0.5) is 0 Å². The fraction of sp³-hybridized carbons (Fsp3) is 0.214. The minimum Gasteiger partial charge on any atom is -0.472 e. The number of ketones is 1. The van der Waals surface area contributed by atoms with E-state index in [1.807, 2.05) is 18.0 Å². The number of benzene rings is 1. The summed E-state index contributed by atoms with van der Waals surface area (Å²) in [6.07, 6.45) is 3.31. The maximum absolute atomic E-state index is 12.0. The zero-order valence-corrected chi connectivity index (χ0v) is 10.9. The summed E-state index contributed by atoms with van der Waals surface area (Å²) in [5.41, 5.74) is 1.74. The fourth-order valence-electron chi connectivity index (χ4n) is 1.72. The van der Waals surface area contributed by atoms with Gasteiger partial charge < -0.3 is 4.42 Å². The van der Waals surface area contributed by atoms with Crippen LogP contribution < -0.4 is 0 Å². The summed E-state index contributed by atoms with van der Waals surface area (Å²) in [6.45, 7) is 1.06. The molecule has 1 aromatic heterocycles. The molecule has 0 bridgehead atoms. The number of nitrogens with zero attached hydrogens (tertiary/aromatic N) is 1. The fourth-order valence-corrected chi connectivity index (χ4v) is 1.85. The maximum atomic E-state index is 12.0. The van der Waals surface area contributed by atoms with Crippen molar-refractivity contribution in [3.8, 4) is 0 Å². The van der Waals surface area contributed by atoms with Gasteiger partial charge in [-0.2, -0.15) is 0 Å². The van der Waals surface area contributed by atoms with Gasteiger partial charge in [-0.05, 0) is 37.4 Å². The highest BCUT2D eigenvalue weighted by Gasteiger charge is 2.10. The molecular weight excluding hydrogens is 250 g/mol. The van der Waals surface area contributed by atoms with Crippen LogP contribution >= 0.6 is 11.6 Å². The third-order valence-corrected chi connectivity index (χ3v) is 2.86. The molecule has 1 aromatic carbocycles. The van der Waals surface area contributed by atoms with Crippen molar-refractivity contribution in [2.24, 2.45) is 0 Å². The van der Waals surface area contributed by atoms with E-state index in [1.54, 1.807) is 36.8 Å². The number of hydrogen-bond donors (Lipinski definition) is 0. The first kappa shape index (κ1) is 12.9. The topological polar surface area (TPSA) is 33.5 Å². The molecule has 94 valence electrons. The van der Waals surface area contributed by atoms with Crippen LogP contribution in [0.5, 0.6) is 0 Å². The summed E-state index contributed by atoms with van der Waals surface area (Å²) < 4.78 is 4.99. The van der Waals surface area contributed by atoms with Crippen molar-refractivity contribution in [2.75, 3.05) is 13.6 Å². The van der Waals surface area contributed by atoms with Crippen LogP contribution in [0.2, 0.25) is 5.02 Å². The standard InChI is InChI=1S/C14H14ClNO2/c1-16(8-11-6-7-18-10-11)9-14(17)12-2-4-13(15)5-3-12/h2-7,10H,8-9H2,1H3. The Morgan fingerprint density at radius 2 is 2.00 bits per heavy atom. The van der Waals surface area contributed by atoms with Crippen molar-refractivity contribution in [2.45, 2.75) is 6.54 Å². The molecule has 0 aliphatic rings. The van der Waals surface area contributed by atoms with Gasteiger partial charge in [-0.25, -0.2) is 0 Å². The van der Waals surface area contributed by atoms with Crippen molar-refractivity contribution in [3.05, 3.63) is 59.0 Å². The Kier molecular flexibility index (Phi) is 4.18. The van der Waals surface area contributed by atoms with Gasteiger partial charge in [0.1, 0.15) is 0 Å². The summed E-state index contributed by atoms with van der Waals surface area (Å²) in [5, 5.41) is 0.637. The van der Waals surface area contributed by atoms with Crippen molar-refractivity contribution >= 4 is 17.4 Å². The quantitative estimate of drug-likeness (QED) is 0.777. The average molecular weight is 264 g/mol. The minimum absolute atomic E-state index is 0.0812. The Balaban J connectivity index is 1.92. The summed E-state index contributed by atoms with van der Waals surface area (Å²) in [7, 11) is 1.90. The van der Waals surface area contributed by atoms with Gasteiger partial charge in [0.25, 0.3) is 0 Å². The van der Waals surface area contributed by atoms with Crippen LogP contribution in [0.1, 0.15) is 15.9 Å². The van der Waals surface area contributed by atoms with E-state index >= 15 is 0 Å². The number of carbonyl (C=O) groups excluding carboxylic acids is 1. The Bertz CT molecular complexity index is 505. The minimum atomic E-state index is 0.0812. The molecule has 0 aliphatic carbocycles. The summed E-state index contributed by atoms with van der Waals surface area (Å²) in [5.74, 6) is 0.0812. The third-order valence-electron chi connectivity index (χ3n) is 2.61. The molecule has 0 spiro atoms. The predicted molar refractivity (Wildman–Crippen MR) is 70.8 cm³/mol. The molecule has 0 radical (unpaired) electrons. The van der Waals surface area contributed by atoms with Gasteiger partial charge in [-0.3, -0.25) is 9.69 Å². The van der Waals surface area contributed by atoms with Gasteiger partial charge in [0.2, 0.25) is 0 Å². The highest BCUT2D eigenvalue weighted by molar-refractivity contribution is 6.30. The Hall–Kier alpha value is -1.58. The first-order valence-electron chi connectivity index (χ1n) is 5.63. The van der Waals surface area contributed by atoms with E-state index in [4.69, 9.17) is 16.0 Å². The lowest BCUT2D eigenvalue weighted by Gasteiger charge is -2.14. The number of hydrogen-bond acceptors (Lipinski definition) is 3. The predicted octanol–water partition coefficient (Wildman–Crippen LogP) is 3.25.